The predicted octanol–water partition coefficient (Wildman–Crippen LogP) is 6.88. The number of carbonyl (C=O) groups excluding carboxylic acids is 1. The maximum atomic E-state index is 13.8. The number of anilines is 1. The number of aromatic nitrogens is 2. The molecule has 36 heavy (non-hydrogen) atoms. The number of thiophene rings is 1. The van der Waals surface area contributed by atoms with Crippen LogP contribution in [-0.4, -0.2) is 21.2 Å². The molecule has 1 atom stereocenters. The molecule has 1 amide bonds. The summed E-state index contributed by atoms with van der Waals surface area (Å²) in [6.45, 7) is 6.40. The molecule has 5 nitrogen and oxygen atoms in total. The van der Waals surface area contributed by atoms with E-state index in [1.54, 1.807) is 15.9 Å². The summed E-state index contributed by atoms with van der Waals surface area (Å²) in [4.78, 5) is 33.7. The van der Waals surface area contributed by atoms with Gasteiger partial charge in [0.2, 0.25) is 5.91 Å². The van der Waals surface area contributed by atoms with Gasteiger partial charge < -0.3 is 5.32 Å². The van der Waals surface area contributed by atoms with Gasteiger partial charge in [0.25, 0.3) is 5.56 Å². The van der Waals surface area contributed by atoms with E-state index in [1.165, 1.54) is 27.8 Å². The van der Waals surface area contributed by atoms with Crippen molar-refractivity contribution < 1.29 is 4.79 Å². The number of carbonyl (C=O) groups is 1. The number of nitrogens with zero attached hydrogens (tertiary/aromatic N) is 2. The molecule has 0 saturated heterocycles. The number of nitrogens with one attached hydrogen (secondary N) is 1. The maximum absolute atomic E-state index is 13.8. The normalized spacial score (nSPS) is 14.0. The van der Waals surface area contributed by atoms with Crippen LogP contribution in [0.4, 0.5) is 5.69 Å². The van der Waals surface area contributed by atoms with Crippen LogP contribution < -0.4 is 10.9 Å². The summed E-state index contributed by atoms with van der Waals surface area (Å²) < 4.78 is 1.68. The molecule has 0 aliphatic heterocycles. The lowest BCUT2D eigenvalue weighted by atomic mass is 9.97. The molecule has 2 aromatic heterocycles. The standard InChI is InChI=1S/C29H31N3O2S2/c1-4-19(3)20-11-13-21(14-12-20)30-25(33)17-35-29-31-27-26(23-7-5-6-8-24(23)36-27)28(34)32(29)22-15-9-18(2)10-16-22/h9-16,19H,4-8,17H2,1-3H3,(H,30,33)/t19-/m1/s1. The first-order chi connectivity index (χ1) is 17.4. The summed E-state index contributed by atoms with van der Waals surface area (Å²) in [6.07, 6.45) is 5.30. The van der Waals surface area contributed by atoms with Crippen molar-refractivity contribution in [3.8, 4) is 5.69 Å². The summed E-state index contributed by atoms with van der Waals surface area (Å²) in [5.41, 5.74) is 5.09. The van der Waals surface area contributed by atoms with E-state index < -0.39 is 0 Å². The van der Waals surface area contributed by atoms with Gasteiger partial charge in [-0.2, -0.15) is 0 Å². The zero-order chi connectivity index (χ0) is 25.2. The Labute approximate surface area is 220 Å². The minimum Gasteiger partial charge on any atom is -0.325 e. The molecule has 7 heteroatoms. The molecule has 0 unspecified atom stereocenters. The Morgan fingerprint density at radius 1 is 1.11 bits per heavy atom. The molecular formula is C29H31N3O2S2. The smallest absolute Gasteiger partial charge is 0.267 e. The van der Waals surface area contributed by atoms with Crippen LogP contribution in [0.15, 0.2) is 58.5 Å². The van der Waals surface area contributed by atoms with E-state index in [9.17, 15) is 9.59 Å². The van der Waals surface area contributed by atoms with Crippen molar-refractivity contribution in [3.05, 3.63) is 80.5 Å². The molecule has 2 heterocycles. The highest BCUT2D eigenvalue weighted by Gasteiger charge is 2.23. The average molecular weight is 518 g/mol. The van der Waals surface area contributed by atoms with Crippen LogP contribution in [0.25, 0.3) is 15.9 Å². The number of aryl methyl sites for hydroxylation is 3. The molecule has 1 N–H and O–H groups in total. The Kier molecular flexibility index (Phi) is 7.30. The molecule has 0 radical (unpaired) electrons. The molecule has 0 fully saturated rings. The second kappa shape index (κ2) is 10.6. The number of rotatable bonds is 7. The Morgan fingerprint density at radius 3 is 2.56 bits per heavy atom. The number of thioether (sulfide) groups is 1. The van der Waals surface area contributed by atoms with Gasteiger partial charge in [-0.1, -0.05) is 55.4 Å². The fourth-order valence-corrected chi connectivity index (χ4v) is 6.78. The van der Waals surface area contributed by atoms with E-state index in [-0.39, 0.29) is 17.2 Å². The Bertz CT molecular complexity index is 1450. The fraction of sp³-hybridized carbons (Fsp3) is 0.345. The first-order valence-corrected chi connectivity index (χ1v) is 14.4. The van der Waals surface area contributed by atoms with Gasteiger partial charge in [0.15, 0.2) is 5.16 Å². The zero-order valence-electron chi connectivity index (χ0n) is 21.0. The SMILES string of the molecule is CC[C@@H](C)c1ccc(NC(=O)CSc2nc3sc4c(c3c(=O)n2-c2ccc(C)cc2)CCCC4)cc1. The lowest BCUT2D eigenvalue weighted by Gasteiger charge is -2.14. The molecule has 1 aliphatic rings. The van der Waals surface area contributed by atoms with Crippen molar-refractivity contribution >= 4 is 44.9 Å². The lowest BCUT2D eigenvalue weighted by molar-refractivity contribution is -0.113. The van der Waals surface area contributed by atoms with Crippen LogP contribution in [0.3, 0.4) is 0 Å². The Morgan fingerprint density at radius 2 is 1.83 bits per heavy atom. The van der Waals surface area contributed by atoms with Gasteiger partial charge in [0, 0.05) is 10.6 Å². The van der Waals surface area contributed by atoms with E-state index in [0.717, 1.165) is 59.3 Å². The minimum absolute atomic E-state index is 0.0354. The number of hydrogen-bond donors (Lipinski definition) is 1. The summed E-state index contributed by atoms with van der Waals surface area (Å²) in [7, 11) is 0. The number of amides is 1. The van der Waals surface area contributed by atoms with E-state index in [2.05, 4.69) is 31.3 Å². The molecule has 186 valence electrons. The molecule has 1 aliphatic carbocycles. The van der Waals surface area contributed by atoms with Gasteiger partial charge in [-0.25, -0.2) is 4.98 Å². The molecule has 0 bridgehead atoms. The highest BCUT2D eigenvalue weighted by atomic mass is 32.2. The average Bonchev–Trinajstić information content (AvgIpc) is 3.27. The third-order valence-electron chi connectivity index (χ3n) is 6.96. The topological polar surface area (TPSA) is 64.0 Å². The zero-order valence-corrected chi connectivity index (χ0v) is 22.6. The molecule has 4 aromatic rings. The molecule has 2 aromatic carbocycles. The highest BCUT2D eigenvalue weighted by molar-refractivity contribution is 7.99. The van der Waals surface area contributed by atoms with Gasteiger partial charge in [0.1, 0.15) is 4.83 Å². The van der Waals surface area contributed by atoms with E-state index >= 15 is 0 Å². The maximum Gasteiger partial charge on any atom is 0.267 e. The summed E-state index contributed by atoms with van der Waals surface area (Å²) in [6, 6.07) is 15.9. The second-order valence-corrected chi connectivity index (χ2v) is 11.6. The van der Waals surface area contributed by atoms with E-state index in [4.69, 9.17) is 4.98 Å². The van der Waals surface area contributed by atoms with Crippen LogP contribution in [0.1, 0.15) is 60.6 Å². The van der Waals surface area contributed by atoms with Gasteiger partial charge in [-0.3, -0.25) is 14.2 Å². The Hall–Kier alpha value is -2.90. The van der Waals surface area contributed by atoms with Crippen LogP contribution >= 0.6 is 23.1 Å². The molecule has 5 rings (SSSR count). The minimum atomic E-state index is -0.119. The highest BCUT2D eigenvalue weighted by Crippen LogP contribution is 2.35. The van der Waals surface area contributed by atoms with Crippen molar-refractivity contribution in [3.63, 3.8) is 0 Å². The van der Waals surface area contributed by atoms with Crippen LogP contribution in [-0.2, 0) is 17.6 Å². The van der Waals surface area contributed by atoms with Gasteiger partial charge in [0.05, 0.1) is 16.8 Å². The third kappa shape index (κ3) is 5.00. The molecule has 0 saturated carbocycles. The first kappa shape index (κ1) is 24.8. The largest absolute Gasteiger partial charge is 0.325 e. The van der Waals surface area contributed by atoms with Crippen LogP contribution in [0.2, 0.25) is 0 Å². The summed E-state index contributed by atoms with van der Waals surface area (Å²) >= 11 is 2.94. The van der Waals surface area contributed by atoms with Gasteiger partial charge >= 0.3 is 0 Å². The van der Waals surface area contributed by atoms with Gasteiger partial charge in [-0.05, 0) is 80.3 Å². The number of benzene rings is 2. The summed E-state index contributed by atoms with van der Waals surface area (Å²) in [5, 5.41) is 4.29. The van der Waals surface area contributed by atoms with Crippen LogP contribution in [0, 0.1) is 6.92 Å². The fourth-order valence-electron chi connectivity index (χ4n) is 4.66. The lowest BCUT2D eigenvalue weighted by Crippen LogP contribution is -2.23. The number of fused-ring (bicyclic) bond motifs is 3. The predicted molar refractivity (Wildman–Crippen MR) is 151 cm³/mol. The Balaban J connectivity index is 1.44. The van der Waals surface area contributed by atoms with Crippen molar-refractivity contribution in [1.29, 1.82) is 0 Å². The van der Waals surface area contributed by atoms with Crippen molar-refractivity contribution in [2.45, 2.75) is 63.9 Å². The van der Waals surface area contributed by atoms with Crippen molar-refractivity contribution in [2.24, 2.45) is 0 Å². The third-order valence-corrected chi connectivity index (χ3v) is 9.08. The van der Waals surface area contributed by atoms with Crippen LogP contribution in [0.5, 0.6) is 0 Å². The summed E-state index contributed by atoms with van der Waals surface area (Å²) in [5.74, 6) is 0.543. The van der Waals surface area contributed by atoms with E-state index in [1.807, 2.05) is 43.3 Å². The van der Waals surface area contributed by atoms with Gasteiger partial charge in [-0.15, -0.1) is 11.3 Å². The van der Waals surface area contributed by atoms with Crippen molar-refractivity contribution in [1.82, 2.24) is 9.55 Å². The second-order valence-electron chi connectivity index (χ2n) is 9.53. The molecular weight excluding hydrogens is 486 g/mol. The first-order valence-electron chi connectivity index (χ1n) is 12.6. The van der Waals surface area contributed by atoms with E-state index in [0.29, 0.717) is 11.1 Å². The number of hydrogen-bond acceptors (Lipinski definition) is 5. The molecule has 0 spiro atoms. The monoisotopic (exact) mass is 517 g/mol. The van der Waals surface area contributed by atoms with Crippen molar-refractivity contribution in [2.75, 3.05) is 11.1 Å². The quantitative estimate of drug-likeness (QED) is 0.214.